The van der Waals surface area contributed by atoms with E-state index in [9.17, 15) is 9.59 Å². The number of fused-ring (bicyclic) bond motifs is 1. The quantitative estimate of drug-likeness (QED) is 0.619. The van der Waals surface area contributed by atoms with Gasteiger partial charge in [-0.1, -0.05) is 25.0 Å². The Labute approximate surface area is 123 Å². The summed E-state index contributed by atoms with van der Waals surface area (Å²) in [5.41, 5.74) is 2.46. The van der Waals surface area contributed by atoms with Crippen LogP contribution >= 0.6 is 11.6 Å². The Morgan fingerprint density at radius 3 is 2.65 bits per heavy atom. The van der Waals surface area contributed by atoms with E-state index in [-0.39, 0.29) is 17.2 Å². The van der Waals surface area contributed by atoms with E-state index in [0.29, 0.717) is 17.9 Å². The maximum Gasteiger partial charge on any atom is 0.260 e. The fraction of sp³-hybridized carbons (Fsp3) is 0.500. The Bertz CT molecular complexity index is 564. The Balaban J connectivity index is 1.92. The maximum absolute atomic E-state index is 12.2. The predicted octanol–water partition coefficient (Wildman–Crippen LogP) is 3.31. The van der Waals surface area contributed by atoms with Gasteiger partial charge in [0, 0.05) is 12.6 Å². The average Bonchev–Trinajstić information content (AvgIpc) is 2.98. The molecule has 106 valence electrons. The molecule has 1 unspecified atom stereocenters. The lowest BCUT2D eigenvalue weighted by Gasteiger charge is -2.25. The van der Waals surface area contributed by atoms with E-state index < -0.39 is 0 Å². The molecule has 4 heteroatoms. The molecule has 1 aliphatic heterocycles. The van der Waals surface area contributed by atoms with E-state index >= 15 is 0 Å². The molecule has 3 rings (SSSR count). The van der Waals surface area contributed by atoms with Gasteiger partial charge < -0.3 is 0 Å². The van der Waals surface area contributed by atoms with Crippen molar-refractivity contribution in [2.24, 2.45) is 5.92 Å². The van der Waals surface area contributed by atoms with Crippen LogP contribution in [0.15, 0.2) is 18.2 Å². The minimum absolute atomic E-state index is 0.0291. The van der Waals surface area contributed by atoms with Gasteiger partial charge in [-0.2, -0.15) is 0 Å². The zero-order chi connectivity index (χ0) is 14.3. The van der Waals surface area contributed by atoms with E-state index in [2.05, 4.69) is 0 Å². The molecule has 0 N–H and O–H groups in total. The van der Waals surface area contributed by atoms with Crippen molar-refractivity contribution >= 4 is 23.4 Å². The lowest BCUT2D eigenvalue weighted by Crippen LogP contribution is -2.39. The molecular weight excluding hydrogens is 274 g/mol. The molecule has 2 aliphatic rings. The molecule has 1 saturated carbocycles. The van der Waals surface area contributed by atoms with Crippen LogP contribution in [0.2, 0.25) is 0 Å². The fourth-order valence-corrected chi connectivity index (χ4v) is 3.60. The molecule has 3 nitrogen and oxygen atoms in total. The van der Waals surface area contributed by atoms with Gasteiger partial charge in [0.15, 0.2) is 0 Å². The van der Waals surface area contributed by atoms with E-state index in [1.807, 2.05) is 18.2 Å². The molecule has 20 heavy (non-hydrogen) atoms. The SMILES string of the molecule is CN1C(=O)Cc2ccc(C(Cl)C3CCCC3)cc2C1=O. The number of hydrogen-bond donors (Lipinski definition) is 0. The summed E-state index contributed by atoms with van der Waals surface area (Å²) in [6.07, 6.45) is 5.12. The van der Waals surface area contributed by atoms with Crippen LogP contribution in [0, 0.1) is 5.92 Å². The second-order valence-electron chi connectivity index (χ2n) is 5.80. The third-order valence-corrected chi connectivity index (χ3v) is 5.13. The Hall–Kier alpha value is -1.35. The zero-order valence-electron chi connectivity index (χ0n) is 11.6. The number of halogens is 1. The van der Waals surface area contributed by atoms with Gasteiger partial charge >= 0.3 is 0 Å². The molecule has 0 radical (unpaired) electrons. The third kappa shape index (κ3) is 2.24. The molecule has 0 spiro atoms. The van der Waals surface area contributed by atoms with Crippen molar-refractivity contribution in [2.45, 2.75) is 37.5 Å². The number of alkyl halides is 1. The van der Waals surface area contributed by atoms with Crippen LogP contribution in [0.4, 0.5) is 0 Å². The lowest BCUT2D eigenvalue weighted by atomic mass is 9.91. The second kappa shape index (κ2) is 5.21. The van der Waals surface area contributed by atoms with Crippen molar-refractivity contribution < 1.29 is 9.59 Å². The molecule has 0 saturated heterocycles. The zero-order valence-corrected chi connectivity index (χ0v) is 12.3. The van der Waals surface area contributed by atoms with Gasteiger partial charge in [0.25, 0.3) is 5.91 Å². The van der Waals surface area contributed by atoms with Crippen LogP contribution in [-0.2, 0) is 11.2 Å². The van der Waals surface area contributed by atoms with Crippen molar-refractivity contribution in [3.8, 4) is 0 Å². The van der Waals surface area contributed by atoms with Crippen LogP contribution in [0.1, 0.15) is 52.5 Å². The van der Waals surface area contributed by atoms with Crippen LogP contribution in [0.3, 0.4) is 0 Å². The maximum atomic E-state index is 12.2. The largest absolute Gasteiger partial charge is 0.281 e. The molecule has 1 fully saturated rings. The standard InChI is InChI=1S/C16H18ClNO2/c1-18-14(19)9-11-6-7-12(8-13(11)16(18)20)15(17)10-4-2-3-5-10/h6-8,10,15H,2-5,9H2,1H3. The third-order valence-electron chi connectivity index (χ3n) is 4.52. The summed E-state index contributed by atoms with van der Waals surface area (Å²) in [5.74, 6) is 0.148. The van der Waals surface area contributed by atoms with Crippen molar-refractivity contribution in [1.29, 1.82) is 0 Å². The topological polar surface area (TPSA) is 37.4 Å². The van der Waals surface area contributed by atoms with Gasteiger partial charge in [-0.15, -0.1) is 11.6 Å². The molecule has 1 aromatic carbocycles. The Morgan fingerprint density at radius 1 is 1.25 bits per heavy atom. The number of carbonyl (C=O) groups excluding carboxylic acids is 2. The first-order valence-corrected chi connectivity index (χ1v) is 7.59. The van der Waals surface area contributed by atoms with Gasteiger partial charge in [-0.05, 0) is 36.0 Å². The highest BCUT2D eigenvalue weighted by Crippen LogP contribution is 2.40. The highest BCUT2D eigenvalue weighted by Gasteiger charge is 2.30. The van der Waals surface area contributed by atoms with Gasteiger partial charge in [0.2, 0.25) is 5.91 Å². The van der Waals surface area contributed by atoms with Gasteiger partial charge in [0.1, 0.15) is 0 Å². The molecule has 2 amide bonds. The average molecular weight is 292 g/mol. The summed E-state index contributed by atoms with van der Waals surface area (Å²) in [6, 6.07) is 5.75. The van der Waals surface area contributed by atoms with Crippen molar-refractivity contribution in [1.82, 2.24) is 4.90 Å². The Kier molecular flexibility index (Phi) is 3.55. The molecule has 1 atom stereocenters. The van der Waals surface area contributed by atoms with Crippen molar-refractivity contribution in [3.63, 3.8) is 0 Å². The number of amides is 2. The first-order chi connectivity index (χ1) is 9.58. The number of rotatable bonds is 2. The summed E-state index contributed by atoms with van der Waals surface area (Å²) in [7, 11) is 1.54. The van der Waals surface area contributed by atoms with E-state index in [4.69, 9.17) is 11.6 Å². The smallest absolute Gasteiger partial charge is 0.260 e. The van der Waals surface area contributed by atoms with Gasteiger partial charge in [0.05, 0.1) is 11.8 Å². The highest BCUT2D eigenvalue weighted by atomic mass is 35.5. The summed E-state index contributed by atoms with van der Waals surface area (Å²) < 4.78 is 0. The van der Waals surface area contributed by atoms with Crippen molar-refractivity contribution in [2.75, 3.05) is 7.05 Å². The fourth-order valence-electron chi connectivity index (χ4n) is 3.22. The van der Waals surface area contributed by atoms with E-state index in [1.165, 1.54) is 24.8 Å². The number of hydrogen-bond acceptors (Lipinski definition) is 2. The molecular formula is C16H18ClNO2. The molecule has 1 aromatic rings. The molecule has 1 aliphatic carbocycles. The van der Waals surface area contributed by atoms with Crippen LogP contribution in [0.5, 0.6) is 0 Å². The van der Waals surface area contributed by atoms with Gasteiger partial charge in [-0.25, -0.2) is 0 Å². The lowest BCUT2D eigenvalue weighted by molar-refractivity contribution is -0.127. The number of benzene rings is 1. The van der Waals surface area contributed by atoms with Crippen molar-refractivity contribution in [3.05, 3.63) is 34.9 Å². The highest BCUT2D eigenvalue weighted by molar-refractivity contribution is 6.21. The summed E-state index contributed by atoms with van der Waals surface area (Å²) in [5, 5.41) is -0.0291. The molecule has 0 bridgehead atoms. The first kappa shape index (κ1) is 13.6. The van der Waals surface area contributed by atoms with Crippen LogP contribution in [0.25, 0.3) is 0 Å². The predicted molar refractivity (Wildman–Crippen MR) is 77.8 cm³/mol. The van der Waals surface area contributed by atoms with Crippen LogP contribution < -0.4 is 0 Å². The normalized spacial score (nSPS) is 21.2. The minimum atomic E-state index is -0.214. The number of carbonyl (C=O) groups is 2. The first-order valence-electron chi connectivity index (χ1n) is 7.15. The number of imide groups is 1. The summed E-state index contributed by atoms with van der Waals surface area (Å²) in [6.45, 7) is 0. The molecule has 1 heterocycles. The second-order valence-corrected chi connectivity index (χ2v) is 6.27. The summed E-state index contributed by atoms with van der Waals surface area (Å²) >= 11 is 6.58. The number of likely N-dealkylation sites (N-methyl/N-ethyl adjacent to an activating group) is 1. The van der Waals surface area contributed by atoms with Crippen LogP contribution in [-0.4, -0.2) is 23.8 Å². The molecule has 0 aromatic heterocycles. The van der Waals surface area contributed by atoms with E-state index in [0.717, 1.165) is 24.0 Å². The monoisotopic (exact) mass is 291 g/mol. The van der Waals surface area contributed by atoms with Gasteiger partial charge in [-0.3, -0.25) is 14.5 Å². The summed E-state index contributed by atoms with van der Waals surface area (Å²) in [4.78, 5) is 25.1. The van der Waals surface area contributed by atoms with E-state index in [1.54, 1.807) is 0 Å². The minimum Gasteiger partial charge on any atom is -0.281 e. The Morgan fingerprint density at radius 2 is 1.95 bits per heavy atom. The number of nitrogens with zero attached hydrogens (tertiary/aromatic N) is 1.